The summed E-state index contributed by atoms with van der Waals surface area (Å²) in [6.45, 7) is 8.96. The SMILES string of the molecule is C=C(C)CNC(=O)NS(=O)(=O)/C(C)=C/c1ccc(C)cc1. The zero-order valence-corrected chi connectivity index (χ0v) is 13.3. The number of amides is 2. The summed E-state index contributed by atoms with van der Waals surface area (Å²) >= 11 is 0. The fraction of sp³-hybridized carbons (Fsp3) is 0.267. The molecule has 0 aliphatic heterocycles. The first-order valence-corrected chi connectivity index (χ1v) is 7.89. The van der Waals surface area contributed by atoms with Crippen LogP contribution in [0.4, 0.5) is 4.79 Å². The molecular formula is C15H20N2O3S. The van der Waals surface area contributed by atoms with Crippen molar-refractivity contribution in [2.45, 2.75) is 20.8 Å². The minimum Gasteiger partial charge on any atom is -0.334 e. The van der Waals surface area contributed by atoms with Gasteiger partial charge in [-0.15, -0.1) is 0 Å². The number of carbonyl (C=O) groups excluding carboxylic acids is 1. The lowest BCUT2D eigenvalue weighted by Crippen LogP contribution is -2.40. The Labute approximate surface area is 125 Å². The van der Waals surface area contributed by atoms with Crippen LogP contribution in [0.1, 0.15) is 25.0 Å². The summed E-state index contributed by atoms with van der Waals surface area (Å²) in [7, 11) is -3.85. The van der Waals surface area contributed by atoms with Crippen LogP contribution < -0.4 is 10.0 Å². The molecule has 0 aromatic heterocycles. The van der Waals surface area contributed by atoms with Gasteiger partial charge in [-0.3, -0.25) is 0 Å². The largest absolute Gasteiger partial charge is 0.334 e. The molecular weight excluding hydrogens is 288 g/mol. The summed E-state index contributed by atoms with van der Waals surface area (Å²) in [4.78, 5) is 11.6. The first kappa shape index (κ1) is 17.0. The summed E-state index contributed by atoms with van der Waals surface area (Å²) in [6, 6.07) is 6.64. The van der Waals surface area contributed by atoms with Crippen LogP contribution in [0.3, 0.4) is 0 Å². The van der Waals surface area contributed by atoms with Crippen LogP contribution in [-0.2, 0) is 10.0 Å². The van der Waals surface area contributed by atoms with E-state index in [0.29, 0.717) is 0 Å². The summed E-state index contributed by atoms with van der Waals surface area (Å²) < 4.78 is 25.9. The van der Waals surface area contributed by atoms with Crippen LogP contribution in [0, 0.1) is 6.92 Å². The third kappa shape index (κ3) is 5.83. The van der Waals surface area contributed by atoms with Crippen molar-refractivity contribution in [2.24, 2.45) is 0 Å². The fourth-order valence-corrected chi connectivity index (χ4v) is 2.21. The lowest BCUT2D eigenvalue weighted by molar-refractivity contribution is 0.246. The molecule has 1 aromatic rings. The second kappa shape index (κ2) is 7.08. The number of hydrogen-bond donors (Lipinski definition) is 2. The second-order valence-electron chi connectivity index (χ2n) is 4.91. The molecule has 0 atom stereocenters. The van der Waals surface area contributed by atoms with Crippen LogP contribution in [0.15, 0.2) is 41.3 Å². The second-order valence-corrected chi connectivity index (χ2v) is 6.77. The van der Waals surface area contributed by atoms with Gasteiger partial charge in [0.15, 0.2) is 0 Å². The zero-order chi connectivity index (χ0) is 16.0. The Morgan fingerprint density at radius 1 is 1.24 bits per heavy atom. The van der Waals surface area contributed by atoms with Crippen molar-refractivity contribution < 1.29 is 13.2 Å². The number of rotatable bonds is 5. The lowest BCUT2D eigenvalue weighted by Gasteiger charge is -2.09. The summed E-state index contributed by atoms with van der Waals surface area (Å²) in [5.41, 5.74) is 2.57. The summed E-state index contributed by atoms with van der Waals surface area (Å²) in [6.07, 6.45) is 1.51. The van der Waals surface area contributed by atoms with Crippen molar-refractivity contribution >= 4 is 22.1 Å². The molecule has 1 aromatic carbocycles. The van der Waals surface area contributed by atoms with Crippen molar-refractivity contribution in [1.82, 2.24) is 10.0 Å². The maximum absolute atomic E-state index is 12.0. The number of benzene rings is 1. The minimum atomic E-state index is -3.85. The van der Waals surface area contributed by atoms with E-state index < -0.39 is 16.1 Å². The molecule has 0 aliphatic carbocycles. The van der Waals surface area contributed by atoms with E-state index in [1.807, 2.05) is 35.9 Å². The van der Waals surface area contributed by atoms with Gasteiger partial charge in [0.05, 0.1) is 4.91 Å². The number of hydrogen-bond acceptors (Lipinski definition) is 3. The van der Waals surface area contributed by atoms with Crippen LogP contribution in [0.2, 0.25) is 0 Å². The van der Waals surface area contributed by atoms with Crippen molar-refractivity contribution in [1.29, 1.82) is 0 Å². The Morgan fingerprint density at radius 3 is 2.33 bits per heavy atom. The number of urea groups is 1. The lowest BCUT2D eigenvalue weighted by atomic mass is 10.1. The van der Waals surface area contributed by atoms with Gasteiger partial charge in [-0.25, -0.2) is 17.9 Å². The maximum atomic E-state index is 12.0. The first-order valence-electron chi connectivity index (χ1n) is 6.41. The molecule has 2 amide bonds. The van der Waals surface area contributed by atoms with Gasteiger partial charge in [-0.1, -0.05) is 42.0 Å². The van der Waals surface area contributed by atoms with Crippen LogP contribution in [-0.4, -0.2) is 21.0 Å². The van der Waals surface area contributed by atoms with Crippen molar-refractivity contribution in [3.05, 3.63) is 52.4 Å². The number of sulfonamides is 1. The highest BCUT2D eigenvalue weighted by Gasteiger charge is 2.16. The highest BCUT2D eigenvalue weighted by atomic mass is 32.2. The molecule has 114 valence electrons. The van der Waals surface area contributed by atoms with Gasteiger partial charge in [-0.2, -0.15) is 0 Å². The third-order valence-corrected chi connectivity index (χ3v) is 4.07. The van der Waals surface area contributed by atoms with E-state index >= 15 is 0 Å². The monoisotopic (exact) mass is 308 g/mol. The highest BCUT2D eigenvalue weighted by molar-refractivity contribution is 7.94. The van der Waals surface area contributed by atoms with E-state index in [0.717, 1.165) is 16.7 Å². The van der Waals surface area contributed by atoms with Gasteiger partial charge in [0.25, 0.3) is 10.0 Å². The molecule has 0 fully saturated rings. The third-order valence-electron chi connectivity index (χ3n) is 2.65. The van der Waals surface area contributed by atoms with E-state index in [-0.39, 0.29) is 11.4 Å². The predicted molar refractivity (Wildman–Crippen MR) is 85.1 cm³/mol. The number of aryl methyl sites for hydroxylation is 1. The minimum absolute atomic E-state index is 0.0665. The Bertz CT molecular complexity index is 659. The van der Waals surface area contributed by atoms with Gasteiger partial charge in [0.1, 0.15) is 0 Å². The summed E-state index contributed by atoms with van der Waals surface area (Å²) in [5.74, 6) is 0. The highest BCUT2D eigenvalue weighted by Crippen LogP contribution is 2.12. The zero-order valence-electron chi connectivity index (χ0n) is 12.4. The molecule has 0 saturated carbocycles. The Morgan fingerprint density at radius 2 is 1.81 bits per heavy atom. The summed E-state index contributed by atoms with van der Waals surface area (Å²) in [5, 5.41) is 2.41. The first-order chi connectivity index (χ1) is 9.70. The molecule has 2 N–H and O–H groups in total. The molecule has 0 radical (unpaired) electrons. The fourth-order valence-electron chi connectivity index (χ4n) is 1.44. The topological polar surface area (TPSA) is 75.3 Å². The van der Waals surface area contributed by atoms with Crippen LogP contribution in [0.25, 0.3) is 6.08 Å². The van der Waals surface area contributed by atoms with Gasteiger partial charge >= 0.3 is 6.03 Å². The Kier molecular flexibility index (Phi) is 5.72. The van der Waals surface area contributed by atoms with Crippen LogP contribution in [0.5, 0.6) is 0 Å². The molecule has 0 heterocycles. The molecule has 21 heavy (non-hydrogen) atoms. The normalized spacial score (nSPS) is 11.9. The molecule has 0 aliphatic rings. The quantitative estimate of drug-likeness (QED) is 0.821. The molecule has 6 heteroatoms. The average Bonchev–Trinajstić information content (AvgIpc) is 2.38. The smallest absolute Gasteiger partial charge is 0.328 e. The Balaban J connectivity index is 2.79. The van der Waals surface area contributed by atoms with Gasteiger partial charge < -0.3 is 5.32 Å². The van der Waals surface area contributed by atoms with Crippen LogP contribution >= 0.6 is 0 Å². The molecule has 1 rings (SSSR count). The van der Waals surface area contributed by atoms with E-state index in [4.69, 9.17) is 0 Å². The standard InChI is InChI=1S/C15H20N2O3S/c1-11(2)10-16-15(18)17-21(19,20)13(4)9-14-7-5-12(3)6-8-14/h5-9H,1,10H2,2-4H3,(H2,16,17,18)/b13-9+. The number of allylic oxidation sites excluding steroid dienone is 1. The van der Waals surface area contributed by atoms with Gasteiger partial charge in [-0.05, 0) is 32.4 Å². The molecule has 0 saturated heterocycles. The maximum Gasteiger partial charge on any atom is 0.328 e. The number of nitrogens with one attached hydrogen (secondary N) is 2. The van der Waals surface area contributed by atoms with E-state index in [9.17, 15) is 13.2 Å². The number of carbonyl (C=O) groups is 1. The van der Waals surface area contributed by atoms with Crippen molar-refractivity contribution in [2.75, 3.05) is 6.54 Å². The van der Waals surface area contributed by atoms with E-state index in [1.54, 1.807) is 6.92 Å². The average molecular weight is 308 g/mol. The molecule has 5 nitrogen and oxygen atoms in total. The van der Waals surface area contributed by atoms with Gasteiger partial charge in [0, 0.05) is 6.54 Å². The molecule has 0 unspecified atom stereocenters. The van der Waals surface area contributed by atoms with E-state index in [1.165, 1.54) is 13.0 Å². The molecule has 0 spiro atoms. The van der Waals surface area contributed by atoms with Crippen molar-refractivity contribution in [3.63, 3.8) is 0 Å². The molecule has 0 bridgehead atoms. The van der Waals surface area contributed by atoms with Crippen molar-refractivity contribution in [3.8, 4) is 0 Å². The predicted octanol–water partition coefficient (Wildman–Crippen LogP) is 2.56. The van der Waals surface area contributed by atoms with Gasteiger partial charge in [0.2, 0.25) is 0 Å². The van der Waals surface area contributed by atoms with E-state index in [2.05, 4.69) is 11.9 Å². The Hall–Kier alpha value is -2.08.